The smallest absolute Gasteiger partial charge is 0.208 e. The monoisotopic (exact) mass is 328 g/mol. The highest BCUT2D eigenvalue weighted by Gasteiger charge is 2.10. The Morgan fingerprint density at radius 3 is 2.70 bits per heavy atom. The van der Waals surface area contributed by atoms with Gasteiger partial charge in [0.05, 0.1) is 5.02 Å². The van der Waals surface area contributed by atoms with Crippen LogP contribution in [0.1, 0.15) is 12.5 Å². The van der Waals surface area contributed by atoms with Crippen LogP contribution in [0.25, 0.3) is 0 Å². The molecule has 2 N–H and O–H groups in total. The van der Waals surface area contributed by atoms with Crippen LogP contribution < -0.4 is 10.6 Å². The molecule has 0 bridgehead atoms. The first kappa shape index (κ1) is 15.6. The first-order valence-electron chi connectivity index (χ1n) is 6.18. The third kappa shape index (κ3) is 4.09. The van der Waals surface area contributed by atoms with Gasteiger partial charge in [0.1, 0.15) is 0 Å². The van der Waals surface area contributed by atoms with Gasteiger partial charge >= 0.3 is 0 Å². The van der Waals surface area contributed by atoms with E-state index in [2.05, 4.69) is 16.3 Å². The number of nitrogens with zero attached hydrogens (tertiary/aromatic N) is 3. The van der Waals surface area contributed by atoms with E-state index in [0.717, 1.165) is 31.4 Å². The molecule has 1 aromatic heterocycles. The molecule has 0 radical (unpaired) electrons. The van der Waals surface area contributed by atoms with E-state index in [4.69, 9.17) is 17.3 Å². The number of hydrogen-bond acceptors (Lipinski definition) is 6. The van der Waals surface area contributed by atoms with Gasteiger partial charge < -0.3 is 10.6 Å². The van der Waals surface area contributed by atoms with E-state index in [1.807, 2.05) is 38.1 Å². The van der Waals surface area contributed by atoms with Crippen molar-refractivity contribution in [3.63, 3.8) is 0 Å². The second-order valence-corrected chi connectivity index (χ2v) is 7.45. The lowest BCUT2D eigenvalue weighted by molar-refractivity contribution is 0.738. The average molecular weight is 329 g/mol. The van der Waals surface area contributed by atoms with E-state index in [-0.39, 0.29) is 6.04 Å². The summed E-state index contributed by atoms with van der Waals surface area (Å²) >= 11 is 9.40. The molecule has 2 aromatic rings. The predicted molar refractivity (Wildman–Crippen MR) is 87.2 cm³/mol. The topological polar surface area (TPSA) is 55.0 Å². The van der Waals surface area contributed by atoms with E-state index in [1.54, 1.807) is 11.3 Å². The highest BCUT2D eigenvalue weighted by atomic mass is 35.5. The van der Waals surface area contributed by atoms with Gasteiger partial charge in [0.15, 0.2) is 4.34 Å². The summed E-state index contributed by atoms with van der Waals surface area (Å²) in [5.41, 5.74) is 6.95. The van der Waals surface area contributed by atoms with E-state index in [9.17, 15) is 0 Å². The first-order chi connectivity index (χ1) is 9.45. The van der Waals surface area contributed by atoms with E-state index >= 15 is 0 Å². The lowest BCUT2D eigenvalue weighted by Crippen LogP contribution is -2.17. The quantitative estimate of drug-likeness (QED) is 0.912. The van der Waals surface area contributed by atoms with Crippen molar-refractivity contribution in [1.82, 2.24) is 10.2 Å². The Bertz CT molecular complexity index is 584. The van der Waals surface area contributed by atoms with Crippen LogP contribution in [-0.4, -0.2) is 30.3 Å². The molecule has 7 heteroatoms. The third-order valence-corrected chi connectivity index (χ3v) is 5.17. The van der Waals surface area contributed by atoms with Crippen LogP contribution >= 0.6 is 34.7 Å². The molecule has 1 unspecified atom stereocenters. The van der Waals surface area contributed by atoms with Crippen LogP contribution in [0.3, 0.4) is 0 Å². The van der Waals surface area contributed by atoms with Crippen LogP contribution in [-0.2, 0) is 6.42 Å². The minimum absolute atomic E-state index is 0.135. The van der Waals surface area contributed by atoms with Gasteiger partial charge in [0.2, 0.25) is 5.13 Å². The SMILES string of the molecule is CC(N)Cc1ccc(Sc2nnc(N(C)C)s2)c(Cl)c1. The van der Waals surface area contributed by atoms with Crippen molar-refractivity contribution < 1.29 is 0 Å². The van der Waals surface area contributed by atoms with Crippen molar-refractivity contribution in [3.05, 3.63) is 28.8 Å². The zero-order valence-corrected chi connectivity index (χ0v) is 14.0. The molecule has 0 saturated carbocycles. The molecule has 0 aliphatic carbocycles. The Morgan fingerprint density at radius 1 is 1.40 bits per heavy atom. The highest BCUT2D eigenvalue weighted by Crippen LogP contribution is 2.36. The fourth-order valence-electron chi connectivity index (χ4n) is 1.64. The standard InChI is InChI=1S/C13H17ClN4S2/c1-8(15)6-9-4-5-11(10(14)7-9)19-13-17-16-12(20-13)18(2)3/h4-5,7-8H,6,15H2,1-3H3. The maximum atomic E-state index is 6.32. The molecule has 1 atom stereocenters. The van der Waals surface area contributed by atoms with Crippen LogP contribution in [0.4, 0.5) is 5.13 Å². The number of benzene rings is 1. The molecule has 1 heterocycles. The molecule has 0 aliphatic rings. The molecule has 0 spiro atoms. The van der Waals surface area contributed by atoms with Crippen molar-refractivity contribution >= 4 is 39.8 Å². The van der Waals surface area contributed by atoms with Crippen LogP contribution in [0.15, 0.2) is 27.4 Å². The van der Waals surface area contributed by atoms with Crippen molar-refractivity contribution in [1.29, 1.82) is 0 Å². The fourth-order valence-corrected chi connectivity index (χ4v) is 3.69. The number of hydrogen-bond donors (Lipinski definition) is 1. The summed E-state index contributed by atoms with van der Waals surface area (Å²) in [5.74, 6) is 0. The number of nitrogens with two attached hydrogens (primary N) is 1. The predicted octanol–water partition coefficient (Wildman–Crippen LogP) is 3.30. The second kappa shape index (κ2) is 6.76. The number of rotatable bonds is 5. The lowest BCUT2D eigenvalue weighted by atomic mass is 10.1. The normalized spacial score (nSPS) is 12.4. The summed E-state index contributed by atoms with van der Waals surface area (Å²) in [4.78, 5) is 2.93. The van der Waals surface area contributed by atoms with Crippen molar-refractivity contribution in [3.8, 4) is 0 Å². The van der Waals surface area contributed by atoms with Gasteiger partial charge in [-0.25, -0.2) is 0 Å². The number of halogens is 1. The molecule has 0 fully saturated rings. The Morgan fingerprint density at radius 2 is 2.15 bits per heavy atom. The maximum absolute atomic E-state index is 6.32. The Balaban J connectivity index is 2.12. The summed E-state index contributed by atoms with van der Waals surface area (Å²) in [7, 11) is 3.90. The minimum Gasteiger partial charge on any atom is -0.353 e. The molecule has 0 saturated heterocycles. The molecule has 20 heavy (non-hydrogen) atoms. The van der Waals surface area contributed by atoms with Gasteiger partial charge in [0.25, 0.3) is 0 Å². The third-order valence-electron chi connectivity index (χ3n) is 2.53. The van der Waals surface area contributed by atoms with Gasteiger partial charge in [0, 0.05) is 25.0 Å². The van der Waals surface area contributed by atoms with Crippen molar-refractivity contribution in [2.75, 3.05) is 19.0 Å². The number of anilines is 1. The van der Waals surface area contributed by atoms with Crippen molar-refractivity contribution in [2.24, 2.45) is 5.73 Å². The Labute approximate surface area is 132 Å². The van der Waals surface area contributed by atoms with Gasteiger partial charge in [-0.15, -0.1) is 10.2 Å². The molecule has 2 rings (SSSR count). The first-order valence-corrected chi connectivity index (χ1v) is 8.19. The maximum Gasteiger partial charge on any atom is 0.208 e. The van der Waals surface area contributed by atoms with E-state index in [1.165, 1.54) is 11.8 Å². The Hall–Kier alpha value is -0.820. The molecule has 4 nitrogen and oxygen atoms in total. The van der Waals surface area contributed by atoms with E-state index < -0.39 is 0 Å². The number of aromatic nitrogens is 2. The van der Waals surface area contributed by atoms with Crippen LogP contribution in [0.5, 0.6) is 0 Å². The second-order valence-electron chi connectivity index (χ2n) is 4.79. The molecule has 1 aromatic carbocycles. The van der Waals surface area contributed by atoms with Crippen molar-refractivity contribution in [2.45, 2.75) is 28.6 Å². The highest BCUT2D eigenvalue weighted by molar-refractivity contribution is 8.01. The minimum atomic E-state index is 0.135. The summed E-state index contributed by atoms with van der Waals surface area (Å²) in [6.07, 6.45) is 0.828. The Kier molecular flexibility index (Phi) is 5.26. The summed E-state index contributed by atoms with van der Waals surface area (Å²) in [5, 5.41) is 9.89. The molecule has 108 valence electrons. The average Bonchev–Trinajstić information content (AvgIpc) is 2.80. The lowest BCUT2D eigenvalue weighted by Gasteiger charge is -2.07. The van der Waals surface area contributed by atoms with E-state index in [0.29, 0.717) is 0 Å². The van der Waals surface area contributed by atoms with Gasteiger partial charge in [-0.05, 0) is 31.0 Å². The zero-order chi connectivity index (χ0) is 14.7. The molecular weight excluding hydrogens is 312 g/mol. The zero-order valence-electron chi connectivity index (χ0n) is 11.6. The summed E-state index contributed by atoms with van der Waals surface area (Å²) in [6, 6.07) is 6.18. The molecule has 0 amide bonds. The fraction of sp³-hybridized carbons (Fsp3) is 0.385. The molecule has 0 aliphatic heterocycles. The molecular formula is C13H17ClN4S2. The summed E-state index contributed by atoms with van der Waals surface area (Å²) in [6.45, 7) is 1.99. The van der Waals surface area contributed by atoms with Gasteiger partial charge in [-0.1, -0.05) is 40.8 Å². The van der Waals surface area contributed by atoms with Crippen LogP contribution in [0, 0.1) is 0 Å². The largest absolute Gasteiger partial charge is 0.353 e. The summed E-state index contributed by atoms with van der Waals surface area (Å²) < 4.78 is 0.885. The van der Waals surface area contributed by atoms with Gasteiger partial charge in [-0.2, -0.15) is 0 Å². The van der Waals surface area contributed by atoms with Gasteiger partial charge in [-0.3, -0.25) is 0 Å². The van der Waals surface area contributed by atoms with Crippen LogP contribution in [0.2, 0.25) is 5.02 Å².